The number of nitrogens with zero attached hydrogens (tertiary/aromatic N) is 1. The van der Waals surface area contributed by atoms with Gasteiger partial charge in [0.25, 0.3) is 0 Å². The lowest BCUT2D eigenvalue weighted by molar-refractivity contribution is 0.0696. The van der Waals surface area contributed by atoms with Gasteiger partial charge < -0.3 is 5.11 Å². The lowest BCUT2D eigenvalue weighted by Gasteiger charge is -2.04. The fraction of sp³-hybridized carbons (Fsp3) is 0.200. The van der Waals surface area contributed by atoms with Gasteiger partial charge in [-0.25, -0.2) is 17.9 Å². The smallest absolute Gasteiger partial charge is 0.335 e. The maximum absolute atomic E-state index is 11.3. The summed E-state index contributed by atoms with van der Waals surface area (Å²) in [7, 11) is -3.42. The molecule has 0 radical (unpaired) electrons. The molecule has 0 aliphatic heterocycles. The number of hydrogen-bond donors (Lipinski definition) is 2. The predicted molar refractivity (Wildman–Crippen MR) is 62.0 cm³/mol. The van der Waals surface area contributed by atoms with E-state index in [1.807, 2.05) is 0 Å². The van der Waals surface area contributed by atoms with Crippen molar-refractivity contribution in [3.8, 4) is 0 Å². The highest BCUT2D eigenvalue weighted by atomic mass is 32.2. The van der Waals surface area contributed by atoms with E-state index in [1.165, 1.54) is 24.4 Å². The lowest BCUT2D eigenvalue weighted by atomic mass is 10.2. The van der Waals surface area contributed by atoms with Crippen LogP contribution in [-0.2, 0) is 16.6 Å². The van der Waals surface area contributed by atoms with Gasteiger partial charge in [0.2, 0.25) is 10.0 Å². The summed E-state index contributed by atoms with van der Waals surface area (Å²) in [5, 5.41) is 8.74. The van der Waals surface area contributed by atoms with Crippen LogP contribution in [0.3, 0.4) is 0 Å². The van der Waals surface area contributed by atoms with Crippen molar-refractivity contribution in [3.05, 3.63) is 42.2 Å². The number of nitrogens with one attached hydrogen (secondary N) is 1. The Kier molecular flexibility index (Phi) is 4.36. The third-order valence-electron chi connectivity index (χ3n) is 1.87. The highest BCUT2D eigenvalue weighted by Gasteiger charge is 2.09. The summed E-state index contributed by atoms with van der Waals surface area (Å²) in [6.07, 6.45) is 2.59. The van der Waals surface area contributed by atoms with Crippen LogP contribution in [0.5, 0.6) is 0 Å². The zero-order chi connectivity index (χ0) is 12.9. The molecule has 1 aromatic rings. The topological polar surface area (TPSA) is 96.4 Å². The second kappa shape index (κ2) is 5.55. The molecule has 0 spiro atoms. The van der Waals surface area contributed by atoms with E-state index in [-0.39, 0.29) is 17.9 Å². The quantitative estimate of drug-likeness (QED) is 0.717. The van der Waals surface area contributed by atoms with Crippen molar-refractivity contribution in [1.29, 1.82) is 0 Å². The van der Waals surface area contributed by atoms with Crippen LogP contribution in [0.4, 0.5) is 0 Å². The minimum absolute atomic E-state index is 0.0444. The van der Waals surface area contributed by atoms with Gasteiger partial charge in [0.1, 0.15) is 0 Å². The van der Waals surface area contributed by atoms with E-state index in [2.05, 4.69) is 16.3 Å². The third kappa shape index (κ3) is 4.33. The van der Waals surface area contributed by atoms with E-state index in [9.17, 15) is 13.2 Å². The number of aromatic nitrogens is 1. The molecule has 0 bridgehead atoms. The van der Waals surface area contributed by atoms with E-state index in [0.29, 0.717) is 5.69 Å². The minimum Gasteiger partial charge on any atom is -0.478 e. The third-order valence-corrected chi connectivity index (χ3v) is 3.13. The SMILES string of the molecule is C=CCS(=O)(=O)NCc1cc(C(=O)O)ccn1. The van der Waals surface area contributed by atoms with Crippen LogP contribution in [0.2, 0.25) is 0 Å². The molecule has 0 aliphatic carbocycles. The molecule has 17 heavy (non-hydrogen) atoms. The van der Waals surface area contributed by atoms with Crippen LogP contribution in [0.15, 0.2) is 31.0 Å². The molecule has 1 rings (SSSR count). The Labute approximate surface area is 99.1 Å². The molecule has 0 fully saturated rings. The van der Waals surface area contributed by atoms with Crippen molar-refractivity contribution in [1.82, 2.24) is 9.71 Å². The fourth-order valence-electron chi connectivity index (χ4n) is 1.11. The number of rotatable bonds is 6. The maximum Gasteiger partial charge on any atom is 0.335 e. The summed E-state index contributed by atoms with van der Waals surface area (Å²) in [5.74, 6) is -1.27. The average Bonchev–Trinajstić information content (AvgIpc) is 2.27. The summed E-state index contributed by atoms with van der Waals surface area (Å²) in [4.78, 5) is 14.5. The number of hydrogen-bond acceptors (Lipinski definition) is 4. The van der Waals surface area contributed by atoms with Crippen molar-refractivity contribution >= 4 is 16.0 Å². The van der Waals surface area contributed by atoms with Gasteiger partial charge in [-0.3, -0.25) is 4.98 Å². The Morgan fingerprint density at radius 2 is 2.29 bits per heavy atom. The number of aromatic carboxylic acids is 1. The predicted octanol–water partition coefficient (Wildman–Crippen LogP) is 0.385. The highest BCUT2D eigenvalue weighted by Crippen LogP contribution is 2.02. The summed E-state index contributed by atoms with van der Waals surface area (Å²) in [6.45, 7) is 3.28. The number of carbonyl (C=O) groups is 1. The molecular weight excluding hydrogens is 244 g/mol. The summed E-state index contributed by atoms with van der Waals surface area (Å²) in [6, 6.07) is 2.66. The van der Waals surface area contributed by atoms with Crippen LogP contribution in [0, 0.1) is 0 Å². The van der Waals surface area contributed by atoms with Gasteiger partial charge in [0.05, 0.1) is 23.6 Å². The summed E-state index contributed by atoms with van der Waals surface area (Å²) >= 11 is 0. The highest BCUT2D eigenvalue weighted by molar-refractivity contribution is 7.89. The van der Waals surface area contributed by atoms with Gasteiger partial charge >= 0.3 is 5.97 Å². The van der Waals surface area contributed by atoms with Crippen molar-refractivity contribution in [2.75, 3.05) is 5.75 Å². The van der Waals surface area contributed by atoms with Gasteiger partial charge in [-0.05, 0) is 12.1 Å². The van der Waals surface area contributed by atoms with Gasteiger partial charge in [-0.15, -0.1) is 6.58 Å². The van der Waals surface area contributed by atoms with E-state index in [1.54, 1.807) is 0 Å². The second-order valence-corrected chi connectivity index (χ2v) is 5.08. The molecule has 7 heteroatoms. The Bertz CT molecular complexity index is 525. The first-order chi connectivity index (χ1) is 7.94. The zero-order valence-electron chi connectivity index (χ0n) is 8.96. The summed E-state index contributed by atoms with van der Waals surface area (Å²) in [5.41, 5.74) is 0.412. The second-order valence-electron chi connectivity index (χ2n) is 3.23. The Hall–Kier alpha value is -1.73. The molecule has 0 unspecified atom stereocenters. The fourth-order valence-corrected chi connectivity index (χ4v) is 1.90. The van der Waals surface area contributed by atoms with Gasteiger partial charge in [0, 0.05) is 6.20 Å². The van der Waals surface area contributed by atoms with E-state index < -0.39 is 16.0 Å². The van der Waals surface area contributed by atoms with Crippen molar-refractivity contribution < 1.29 is 18.3 Å². The van der Waals surface area contributed by atoms with Crippen LogP contribution in [0.1, 0.15) is 16.1 Å². The van der Waals surface area contributed by atoms with Gasteiger partial charge in [-0.1, -0.05) is 6.08 Å². The number of sulfonamides is 1. The average molecular weight is 256 g/mol. The van der Waals surface area contributed by atoms with Crippen molar-refractivity contribution in [2.24, 2.45) is 0 Å². The molecule has 0 saturated heterocycles. The molecule has 0 aliphatic rings. The molecular formula is C10H12N2O4S. The molecule has 6 nitrogen and oxygen atoms in total. The first-order valence-corrected chi connectivity index (χ1v) is 6.36. The molecule has 1 aromatic heterocycles. The lowest BCUT2D eigenvalue weighted by Crippen LogP contribution is -2.25. The molecule has 92 valence electrons. The largest absolute Gasteiger partial charge is 0.478 e. The van der Waals surface area contributed by atoms with Gasteiger partial charge in [-0.2, -0.15) is 0 Å². The van der Waals surface area contributed by atoms with Gasteiger partial charge in [0.15, 0.2) is 0 Å². The maximum atomic E-state index is 11.3. The molecule has 0 saturated carbocycles. The molecule has 2 N–H and O–H groups in total. The molecule has 1 heterocycles. The monoisotopic (exact) mass is 256 g/mol. The van der Waals surface area contributed by atoms with Crippen LogP contribution < -0.4 is 4.72 Å². The molecule has 0 amide bonds. The molecule has 0 atom stereocenters. The van der Waals surface area contributed by atoms with Crippen molar-refractivity contribution in [3.63, 3.8) is 0 Å². The number of carboxylic acid groups (broad SMARTS) is 1. The van der Waals surface area contributed by atoms with Crippen molar-refractivity contribution in [2.45, 2.75) is 6.54 Å². The summed E-state index contributed by atoms with van der Waals surface area (Å²) < 4.78 is 24.9. The number of pyridine rings is 1. The first kappa shape index (κ1) is 13.3. The first-order valence-electron chi connectivity index (χ1n) is 4.71. The standard InChI is InChI=1S/C10H12N2O4S/c1-2-5-17(15,16)12-7-9-6-8(10(13)14)3-4-11-9/h2-4,6,12H,1,5,7H2,(H,13,14). The van der Waals surface area contributed by atoms with E-state index in [4.69, 9.17) is 5.11 Å². The number of carboxylic acids is 1. The van der Waals surface area contributed by atoms with E-state index in [0.717, 1.165) is 0 Å². The Balaban J connectivity index is 2.73. The van der Waals surface area contributed by atoms with Crippen LogP contribution >= 0.6 is 0 Å². The Morgan fingerprint density at radius 1 is 1.59 bits per heavy atom. The Morgan fingerprint density at radius 3 is 2.88 bits per heavy atom. The van der Waals surface area contributed by atoms with E-state index >= 15 is 0 Å². The molecule has 0 aromatic carbocycles. The van der Waals surface area contributed by atoms with Crippen LogP contribution in [-0.4, -0.2) is 30.2 Å². The zero-order valence-corrected chi connectivity index (χ0v) is 9.77. The normalized spacial score (nSPS) is 11.1. The minimum atomic E-state index is -3.42. The van der Waals surface area contributed by atoms with Crippen LogP contribution in [0.25, 0.3) is 0 Å².